The molecular weight excluding hydrogens is 580 g/mol. The second-order valence-electron chi connectivity index (χ2n) is 8.75. The largest absolute Gasteiger partial charge is 0.459 e. The molecule has 1 aromatic carbocycles. The summed E-state index contributed by atoms with van der Waals surface area (Å²) in [6, 6.07) is 3.95. The van der Waals surface area contributed by atoms with Gasteiger partial charge in [0.1, 0.15) is 11.4 Å². The van der Waals surface area contributed by atoms with Crippen LogP contribution in [0.2, 0.25) is 5.02 Å². The molecule has 2 aromatic heterocycles. The number of nitriles is 1. The van der Waals surface area contributed by atoms with Crippen LogP contribution in [0.15, 0.2) is 24.5 Å². The van der Waals surface area contributed by atoms with E-state index in [2.05, 4.69) is 21.0 Å². The van der Waals surface area contributed by atoms with Crippen molar-refractivity contribution in [3.8, 4) is 28.8 Å². The third-order valence-corrected chi connectivity index (χ3v) is 6.56. The van der Waals surface area contributed by atoms with E-state index in [9.17, 15) is 45.2 Å². The molecule has 40 heavy (non-hydrogen) atoms. The molecule has 1 saturated carbocycles. The molecule has 0 N–H and O–H groups in total. The van der Waals surface area contributed by atoms with Gasteiger partial charge >= 0.3 is 18.7 Å². The molecule has 4 rings (SSSR count). The number of amides is 1. The number of nitrogens with zero attached hydrogens (tertiary/aromatic N) is 6. The number of rotatable bonds is 8. The van der Waals surface area contributed by atoms with Gasteiger partial charge in [0, 0.05) is 30.9 Å². The summed E-state index contributed by atoms with van der Waals surface area (Å²) >= 11 is 6.12. The first-order chi connectivity index (χ1) is 18.6. The molecule has 0 unspecified atom stereocenters. The fourth-order valence-electron chi connectivity index (χ4n) is 4.14. The average molecular weight is 597 g/mol. The molecule has 8 nitrogen and oxygen atoms in total. The molecule has 17 heteroatoms. The van der Waals surface area contributed by atoms with Gasteiger partial charge in [0.05, 0.1) is 22.9 Å². The number of hydrogen-bond acceptors (Lipinski definition) is 5. The minimum absolute atomic E-state index is 0.138. The van der Waals surface area contributed by atoms with E-state index in [1.54, 1.807) is 6.92 Å². The SMILES string of the molecule is CCN(C(=O)c1cc(-c2cnn(-c3c(OC(F)F)c(C(F)(F)C(F)(F)F)nn3C)c2)c(F)cc1Cl)C1(C#N)CC1. The predicted octanol–water partition coefficient (Wildman–Crippen LogP) is 5.84. The normalized spacial score (nSPS) is 14.8. The fraction of sp³-hybridized carbons (Fsp3) is 0.391. The van der Waals surface area contributed by atoms with E-state index < -0.39 is 53.2 Å². The molecule has 1 aliphatic carbocycles. The molecule has 1 aliphatic rings. The lowest BCUT2D eigenvalue weighted by molar-refractivity contribution is -0.291. The lowest BCUT2D eigenvalue weighted by atomic mass is 10.0. The summed E-state index contributed by atoms with van der Waals surface area (Å²) in [7, 11) is 0.882. The van der Waals surface area contributed by atoms with Crippen molar-refractivity contribution in [1.29, 1.82) is 5.26 Å². The van der Waals surface area contributed by atoms with Crippen LogP contribution in [0.1, 0.15) is 35.8 Å². The Bertz CT molecular complexity index is 1510. The Morgan fingerprint density at radius 3 is 2.45 bits per heavy atom. The van der Waals surface area contributed by atoms with Crippen molar-refractivity contribution in [2.45, 2.75) is 44.0 Å². The zero-order chi connectivity index (χ0) is 29.8. The van der Waals surface area contributed by atoms with Crippen LogP contribution in [-0.2, 0) is 13.0 Å². The Morgan fingerprint density at radius 1 is 1.27 bits per heavy atom. The van der Waals surface area contributed by atoms with Crippen LogP contribution >= 0.6 is 11.6 Å². The van der Waals surface area contributed by atoms with E-state index in [0.29, 0.717) is 22.2 Å². The fourth-order valence-corrected chi connectivity index (χ4v) is 4.37. The van der Waals surface area contributed by atoms with Crippen LogP contribution in [0.5, 0.6) is 5.75 Å². The number of aromatic nitrogens is 4. The zero-order valence-electron chi connectivity index (χ0n) is 20.4. The first kappa shape index (κ1) is 29.1. The second-order valence-corrected chi connectivity index (χ2v) is 9.16. The Balaban J connectivity index is 1.80. The van der Waals surface area contributed by atoms with Crippen LogP contribution in [0, 0.1) is 17.1 Å². The third-order valence-electron chi connectivity index (χ3n) is 6.24. The van der Waals surface area contributed by atoms with Crippen LogP contribution in [0.3, 0.4) is 0 Å². The maximum Gasteiger partial charge on any atom is 0.459 e. The smallest absolute Gasteiger partial charge is 0.428 e. The van der Waals surface area contributed by atoms with E-state index in [1.807, 2.05) is 0 Å². The molecular formula is C23H17ClF8N6O2. The molecule has 0 radical (unpaired) electrons. The minimum Gasteiger partial charge on any atom is -0.428 e. The zero-order valence-corrected chi connectivity index (χ0v) is 21.2. The van der Waals surface area contributed by atoms with Gasteiger partial charge in [-0.2, -0.15) is 46.2 Å². The molecule has 214 valence electrons. The second kappa shape index (κ2) is 9.95. The van der Waals surface area contributed by atoms with Crippen molar-refractivity contribution < 1.29 is 44.7 Å². The van der Waals surface area contributed by atoms with Crippen molar-refractivity contribution in [2.24, 2.45) is 7.05 Å². The lowest BCUT2D eigenvalue weighted by Crippen LogP contribution is -2.41. The summed E-state index contributed by atoms with van der Waals surface area (Å²) in [5.74, 6) is -9.76. The summed E-state index contributed by atoms with van der Waals surface area (Å²) in [5, 5.41) is 16.0. The molecule has 0 spiro atoms. The van der Waals surface area contributed by atoms with E-state index in [4.69, 9.17) is 11.6 Å². The third kappa shape index (κ3) is 4.82. The van der Waals surface area contributed by atoms with Gasteiger partial charge in [-0.05, 0) is 31.9 Å². The standard InChI is InChI=1S/C23H17ClF8N6O2/c1-3-37(21(10-33)4-5-21)19(39)13-6-12(15(25)7-14(13)24)11-8-34-38(9-11)18-16(40-20(26)27)17(35-36(18)2)22(28,29)23(30,31)32/h6-9,20H,3-5H2,1-2H3. The molecule has 0 atom stereocenters. The number of halogens is 9. The van der Waals surface area contributed by atoms with Crippen LogP contribution in [0.4, 0.5) is 35.1 Å². The van der Waals surface area contributed by atoms with Crippen molar-refractivity contribution in [1.82, 2.24) is 24.5 Å². The maximum atomic E-state index is 14.9. The number of aryl methyl sites for hydroxylation is 1. The highest BCUT2D eigenvalue weighted by Gasteiger charge is 2.62. The van der Waals surface area contributed by atoms with Gasteiger partial charge in [-0.1, -0.05) is 11.6 Å². The summed E-state index contributed by atoms with van der Waals surface area (Å²) in [6.07, 6.45) is -3.47. The molecule has 3 aromatic rings. The highest BCUT2D eigenvalue weighted by atomic mass is 35.5. The van der Waals surface area contributed by atoms with Gasteiger partial charge in [0.25, 0.3) is 5.91 Å². The summed E-state index contributed by atoms with van der Waals surface area (Å²) in [4.78, 5) is 14.5. The van der Waals surface area contributed by atoms with Gasteiger partial charge in [-0.15, -0.1) is 0 Å². The van der Waals surface area contributed by atoms with Crippen molar-refractivity contribution in [2.75, 3.05) is 6.54 Å². The minimum atomic E-state index is -6.19. The lowest BCUT2D eigenvalue weighted by Gasteiger charge is -2.26. The number of carbonyl (C=O) groups excluding carboxylic acids is 1. The first-order valence-electron chi connectivity index (χ1n) is 11.3. The van der Waals surface area contributed by atoms with E-state index in [1.165, 1.54) is 4.90 Å². The Labute approximate surface area is 225 Å². The van der Waals surface area contributed by atoms with Crippen molar-refractivity contribution in [3.63, 3.8) is 0 Å². The topological polar surface area (TPSA) is 89.0 Å². The van der Waals surface area contributed by atoms with Gasteiger partial charge in [0.15, 0.2) is 17.3 Å². The highest BCUT2D eigenvalue weighted by Crippen LogP contribution is 2.48. The highest BCUT2D eigenvalue weighted by molar-refractivity contribution is 6.34. The van der Waals surface area contributed by atoms with Gasteiger partial charge < -0.3 is 9.64 Å². The Kier molecular flexibility index (Phi) is 7.24. The molecule has 1 amide bonds. The number of benzene rings is 1. The van der Waals surface area contributed by atoms with Gasteiger partial charge in [-0.3, -0.25) is 4.79 Å². The summed E-state index contributed by atoms with van der Waals surface area (Å²) in [5.41, 5.74) is -3.77. The van der Waals surface area contributed by atoms with E-state index in [-0.39, 0.29) is 28.3 Å². The summed E-state index contributed by atoms with van der Waals surface area (Å²) < 4.78 is 113. The predicted molar refractivity (Wildman–Crippen MR) is 122 cm³/mol. The molecule has 0 aliphatic heterocycles. The average Bonchev–Trinajstić information content (AvgIpc) is 3.37. The number of ether oxygens (including phenoxy) is 1. The van der Waals surface area contributed by atoms with Crippen molar-refractivity contribution >= 4 is 17.5 Å². The maximum absolute atomic E-state index is 14.9. The monoisotopic (exact) mass is 596 g/mol. The van der Waals surface area contributed by atoms with E-state index >= 15 is 0 Å². The number of hydrogen-bond donors (Lipinski definition) is 0. The van der Waals surface area contributed by atoms with Crippen LogP contribution < -0.4 is 4.74 Å². The van der Waals surface area contributed by atoms with Crippen LogP contribution in [0.25, 0.3) is 16.9 Å². The Morgan fingerprint density at radius 2 is 1.93 bits per heavy atom. The molecule has 1 fully saturated rings. The van der Waals surface area contributed by atoms with Crippen molar-refractivity contribution in [3.05, 3.63) is 46.6 Å². The van der Waals surface area contributed by atoms with Gasteiger partial charge in [0.2, 0.25) is 0 Å². The Hall–Kier alpha value is -3.87. The first-order valence-corrected chi connectivity index (χ1v) is 11.7. The number of carbonyl (C=O) groups is 1. The van der Waals surface area contributed by atoms with E-state index in [0.717, 1.165) is 31.6 Å². The molecule has 0 bridgehead atoms. The summed E-state index contributed by atoms with van der Waals surface area (Å²) in [6.45, 7) is -2.03. The molecule has 2 heterocycles. The van der Waals surface area contributed by atoms with Crippen LogP contribution in [-0.4, -0.2) is 55.2 Å². The number of alkyl halides is 7. The molecule has 0 saturated heterocycles. The quantitative estimate of drug-likeness (QED) is 0.305. The van der Waals surface area contributed by atoms with Gasteiger partial charge in [-0.25, -0.2) is 13.8 Å².